The third kappa shape index (κ3) is 8.68. The Labute approximate surface area is 200 Å². The molecule has 3 rings (SSSR count). The molecule has 0 saturated heterocycles. The van der Waals surface area contributed by atoms with Crippen LogP contribution in [-0.2, 0) is 14.3 Å². The van der Waals surface area contributed by atoms with E-state index in [1.165, 1.54) is 0 Å². The fourth-order valence-corrected chi connectivity index (χ4v) is 4.18. The van der Waals surface area contributed by atoms with Gasteiger partial charge in [0.15, 0.2) is 5.16 Å². The first-order chi connectivity index (χ1) is 16.3. The minimum atomic E-state index is 0.0733. The number of amides is 1. The highest BCUT2D eigenvalue weighted by Crippen LogP contribution is 2.32. The van der Waals surface area contributed by atoms with E-state index in [1.807, 2.05) is 43.3 Å². The molecule has 33 heavy (non-hydrogen) atoms. The van der Waals surface area contributed by atoms with Crippen molar-refractivity contribution in [3.8, 4) is 22.5 Å². The summed E-state index contributed by atoms with van der Waals surface area (Å²) >= 11 is 1.70. The van der Waals surface area contributed by atoms with Gasteiger partial charge in [-0.25, -0.2) is 4.98 Å². The van der Waals surface area contributed by atoms with Crippen molar-refractivity contribution in [2.24, 2.45) is 0 Å². The van der Waals surface area contributed by atoms with Gasteiger partial charge in [0.25, 0.3) is 0 Å². The maximum atomic E-state index is 12.0. The summed E-state index contributed by atoms with van der Waals surface area (Å²) in [5.41, 5.74) is 4.21. The van der Waals surface area contributed by atoms with Crippen molar-refractivity contribution in [2.75, 3.05) is 38.7 Å². The minimum Gasteiger partial charge on any atom is -0.379 e. The highest BCUT2D eigenvalue weighted by Gasteiger charge is 2.14. The molecule has 7 heteroatoms. The number of hydrogen-bond acceptors (Lipinski definition) is 5. The molecule has 0 aliphatic rings. The molecule has 176 valence electrons. The van der Waals surface area contributed by atoms with Crippen LogP contribution in [0.4, 0.5) is 0 Å². The van der Waals surface area contributed by atoms with Gasteiger partial charge in [-0.2, -0.15) is 0 Å². The van der Waals surface area contributed by atoms with E-state index in [9.17, 15) is 4.79 Å². The fraction of sp³-hybridized carbons (Fsp3) is 0.385. The molecule has 1 heterocycles. The van der Waals surface area contributed by atoms with Crippen LogP contribution in [0, 0.1) is 0 Å². The number of ether oxygens (including phenoxy) is 2. The number of unbranched alkanes of at least 4 members (excludes halogenated alkanes) is 1. The average molecular weight is 468 g/mol. The molecule has 1 aromatic heterocycles. The Bertz CT molecular complexity index is 891. The van der Waals surface area contributed by atoms with Crippen molar-refractivity contribution in [3.63, 3.8) is 0 Å². The third-order valence-corrected chi connectivity index (χ3v) is 5.93. The fourth-order valence-electron chi connectivity index (χ4n) is 3.31. The quantitative estimate of drug-likeness (QED) is 0.238. The second-order valence-corrected chi connectivity index (χ2v) is 8.55. The number of hydrogen-bond donors (Lipinski definition) is 2. The number of benzene rings is 2. The molecule has 0 aliphatic carbocycles. The number of imidazole rings is 1. The average Bonchev–Trinajstić information content (AvgIpc) is 3.28. The van der Waals surface area contributed by atoms with Gasteiger partial charge in [-0.3, -0.25) is 4.79 Å². The molecule has 0 saturated carbocycles. The van der Waals surface area contributed by atoms with Gasteiger partial charge in [0.2, 0.25) is 5.91 Å². The van der Waals surface area contributed by atoms with E-state index in [4.69, 9.17) is 14.5 Å². The topological polar surface area (TPSA) is 76.2 Å². The molecular weight excluding hydrogens is 434 g/mol. The van der Waals surface area contributed by atoms with Crippen LogP contribution >= 0.6 is 11.8 Å². The Balaban J connectivity index is 1.41. The summed E-state index contributed by atoms with van der Waals surface area (Å²) < 4.78 is 10.6. The molecule has 0 spiro atoms. The van der Waals surface area contributed by atoms with Crippen molar-refractivity contribution >= 4 is 17.7 Å². The van der Waals surface area contributed by atoms with Crippen LogP contribution in [0.3, 0.4) is 0 Å². The number of carbonyl (C=O) groups excluding carboxylic acids is 1. The van der Waals surface area contributed by atoms with Gasteiger partial charge < -0.3 is 19.8 Å². The van der Waals surface area contributed by atoms with Crippen LogP contribution in [0.25, 0.3) is 22.5 Å². The summed E-state index contributed by atoms with van der Waals surface area (Å²) in [6.45, 7) is 4.86. The molecule has 3 aromatic rings. The maximum absolute atomic E-state index is 12.0. The number of nitrogens with zero attached hydrogens (tertiary/aromatic N) is 1. The van der Waals surface area contributed by atoms with Crippen LogP contribution in [0.2, 0.25) is 0 Å². The first-order valence-corrected chi connectivity index (χ1v) is 12.5. The molecule has 0 radical (unpaired) electrons. The molecule has 0 fully saturated rings. The number of nitrogens with one attached hydrogen (secondary N) is 2. The monoisotopic (exact) mass is 467 g/mol. The zero-order valence-electron chi connectivity index (χ0n) is 19.2. The molecule has 0 aliphatic heterocycles. The summed E-state index contributed by atoms with van der Waals surface area (Å²) in [6.07, 6.45) is 2.33. The summed E-state index contributed by atoms with van der Waals surface area (Å²) in [5.74, 6) is 0.980. The highest BCUT2D eigenvalue weighted by molar-refractivity contribution is 7.99. The number of carbonyl (C=O) groups is 1. The first-order valence-electron chi connectivity index (χ1n) is 11.5. The lowest BCUT2D eigenvalue weighted by Gasteiger charge is -2.06. The summed E-state index contributed by atoms with van der Waals surface area (Å²) in [4.78, 5) is 20.3. The number of aromatic nitrogens is 2. The van der Waals surface area contributed by atoms with E-state index in [1.54, 1.807) is 11.8 Å². The van der Waals surface area contributed by atoms with Crippen molar-refractivity contribution < 1.29 is 14.3 Å². The van der Waals surface area contributed by atoms with E-state index in [-0.39, 0.29) is 5.91 Å². The highest BCUT2D eigenvalue weighted by atomic mass is 32.2. The van der Waals surface area contributed by atoms with Crippen LogP contribution in [-0.4, -0.2) is 54.6 Å². The minimum absolute atomic E-state index is 0.0733. The van der Waals surface area contributed by atoms with Gasteiger partial charge in [-0.05, 0) is 19.8 Å². The van der Waals surface area contributed by atoms with Gasteiger partial charge in [-0.1, -0.05) is 72.4 Å². The Morgan fingerprint density at radius 3 is 2.36 bits per heavy atom. The number of aromatic amines is 1. The lowest BCUT2D eigenvalue weighted by molar-refractivity contribution is -0.121. The number of thioether (sulfide) groups is 1. The molecule has 2 N–H and O–H groups in total. The molecule has 6 nitrogen and oxygen atoms in total. The normalized spacial score (nSPS) is 10.9. The van der Waals surface area contributed by atoms with Gasteiger partial charge in [0, 0.05) is 36.5 Å². The SMILES string of the molecule is CCOCCOCCNC(=O)CCCCSc1nc(-c2ccccc2)c(-c2ccccc2)[nH]1. The van der Waals surface area contributed by atoms with Crippen molar-refractivity contribution in [2.45, 2.75) is 31.3 Å². The van der Waals surface area contributed by atoms with Crippen molar-refractivity contribution in [1.29, 1.82) is 0 Å². The smallest absolute Gasteiger partial charge is 0.220 e. The third-order valence-electron chi connectivity index (χ3n) is 4.97. The Kier molecular flexibility index (Phi) is 11.0. The lowest BCUT2D eigenvalue weighted by Crippen LogP contribution is -2.27. The van der Waals surface area contributed by atoms with Gasteiger partial charge >= 0.3 is 0 Å². The van der Waals surface area contributed by atoms with Crippen LogP contribution in [0.15, 0.2) is 65.8 Å². The number of H-pyrrole nitrogens is 1. The second-order valence-electron chi connectivity index (χ2n) is 7.46. The Morgan fingerprint density at radius 1 is 0.939 bits per heavy atom. The van der Waals surface area contributed by atoms with E-state index in [0.29, 0.717) is 39.4 Å². The van der Waals surface area contributed by atoms with Gasteiger partial charge in [0.05, 0.1) is 31.2 Å². The maximum Gasteiger partial charge on any atom is 0.220 e. The zero-order valence-corrected chi connectivity index (χ0v) is 20.0. The van der Waals surface area contributed by atoms with E-state index in [0.717, 1.165) is 46.3 Å². The molecule has 0 atom stereocenters. The molecule has 0 unspecified atom stereocenters. The Morgan fingerprint density at radius 2 is 1.64 bits per heavy atom. The number of rotatable bonds is 15. The summed E-state index contributed by atoms with van der Waals surface area (Å²) in [6, 6.07) is 20.5. The lowest BCUT2D eigenvalue weighted by atomic mass is 10.1. The van der Waals surface area contributed by atoms with Crippen LogP contribution in [0.5, 0.6) is 0 Å². The summed E-state index contributed by atoms with van der Waals surface area (Å²) in [5, 5.41) is 3.80. The van der Waals surface area contributed by atoms with Crippen LogP contribution < -0.4 is 5.32 Å². The van der Waals surface area contributed by atoms with Crippen LogP contribution in [0.1, 0.15) is 26.2 Å². The molecule has 2 aromatic carbocycles. The van der Waals surface area contributed by atoms with E-state index >= 15 is 0 Å². The van der Waals surface area contributed by atoms with E-state index in [2.05, 4.69) is 34.6 Å². The second kappa shape index (κ2) is 14.5. The predicted octanol–water partition coefficient (Wildman–Crippen LogP) is 5.18. The molecular formula is C26H33N3O3S. The summed E-state index contributed by atoms with van der Waals surface area (Å²) in [7, 11) is 0. The molecule has 1 amide bonds. The van der Waals surface area contributed by atoms with Crippen molar-refractivity contribution in [1.82, 2.24) is 15.3 Å². The Hall–Kier alpha value is -2.61. The standard InChI is InChI=1S/C26H33N3O3S/c1-2-31-18-19-32-17-16-27-23(30)15-9-10-20-33-26-28-24(21-11-5-3-6-12-21)25(29-26)22-13-7-4-8-14-22/h3-8,11-14H,2,9-10,15-20H2,1H3,(H,27,30)(H,28,29). The van der Waals surface area contributed by atoms with Gasteiger partial charge in [0.1, 0.15) is 0 Å². The largest absolute Gasteiger partial charge is 0.379 e. The van der Waals surface area contributed by atoms with Crippen molar-refractivity contribution in [3.05, 3.63) is 60.7 Å². The van der Waals surface area contributed by atoms with Gasteiger partial charge in [-0.15, -0.1) is 0 Å². The predicted molar refractivity (Wildman–Crippen MR) is 134 cm³/mol. The zero-order chi connectivity index (χ0) is 23.1. The molecule has 0 bridgehead atoms. The van der Waals surface area contributed by atoms with E-state index < -0.39 is 0 Å². The first kappa shape index (κ1) is 25.0.